The molecule has 0 aliphatic rings. The van der Waals surface area contributed by atoms with Crippen LogP contribution in [0.2, 0.25) is 10.0 Å². The van der Waals surface area contributed by atoms with E-state index in [1.165, 1.54) is 0 Å². The van der Waals surface area contributed by atoms with Gasteiger partial charge in [0.1, 0.15) is 5.82 Å². The fraction of sp³-hybridized carbons (Fsp3) is 0.214. The van der Waals surface area contributed by atoms with Gasteiger partial charge < -0.3 is 5.32 Å². The number of rotatable bonds is 3. The molecule has 0 saturated carbocycles. The van der Waals surface area contributed by atoms with Crippen molar-refractivity contribution in [2.24, 2.45) is 0 Å². The van der Waals surface area contributed by atoms with Gasteiger partial charge in [0.15, 0.2) is 0 Å². The smallest absolute Gasteiger partial charge is 0.363 e. The van der Waals surface area contributed by atoms with Gasteiger partial charge in [-0.05, 0) is 36.8 Å². The van der Waals surface area contributed by atoms with Crippen molar-refractivity contribution < 1.29 is 13.2 Å². The lowest BCUT2D eigenvalue weighted by molar-refractivity contribution is -0.137. The van der Waals surface area contributed by atoms with E-state index in [-0.39, 0.29) is 11.9 Å². The van der Waals surface area contributed by atoms with Gasteiger partial charge >= 0.3 is 6.18 Å². The Morgan fingerprint density at radius 1 is 1.14 bits per heavy atom. The highest BCUT2D eigenvalue weighted by atomic mass is 35.5. The molecule has 2 nitrogen and oxygen atoms in total. The third-order valence-electron chi connectivity index (χ3n) is 2.88. The highest BCUT2D eigenvalue weighted by Gasteiger charge is 2.30. The van der Waals surface area contributed by atoms with Crippen LogP contribution in [-0.2, 0) is 6.18 Å². The van der Waals surface area contributed by atoms with E-state index in [0.717, 1.165) is 23.9 Å². The molecular weight excluding hydrogens is 324 g/mol. The van der Waals surface area contributed by atoms with E-state index < -0.39 is 11.7 Å². The Balaban J connectivity index is 2.21. The predicted molar refractivity (Wildman–Crippen MR) is 77.7 cm³/mol. The highest BCUT2D eigenvalue weighted by molar-refractivity contribution is 6.35. The van der Waals surface area contributed by atoms with E-state index in [4.69, 9.17) is 23.2 Å². The molecule has 112 valence electrons. The number of benzene rings is 1. The highest BCUT2D eigenvalue weighted by Crippen LogP contribution is 2.32. The van der Waals surface area contributed by atoms with E-state index in [1.807, 2.05) is 0 Å². The molecule has 1 heterocycles. The number of halogens is 5. The van der Waals surface area contributed by atoms with Crippen molar-refractivity contribution in [1.29, 1.82) is 0 Å². The van der Waals surface area contributed by atoms with Crippen molar-refractivity contribution in [3.05, 3.63) is 57.7 Å². The zero-order valence-electron chi connectivity index (χ0n) is 10.9. The Morgan fingerprint density at radius 2 is 1.86 bits per heavy atom. The van der Waals surface area contributed by atoms with Crippen LogP contribution in [0.3, 0.4) is 0 Å². The summed E-state index contributed by atoms with van der Waals surface area (Å²) in [7, 11) is 0. The van der Waals surface area contributed by atoms with Crippen LogP contribution in [0.4, 0.5) is 19.0 Å². The number of hydrogen-bond donors (Lipinski definition) is 1. The van der Waals surface area contributed by atoms with E-state index in [0.29, 0.717) is 10.0 Å². The minimum Gasteiger partial charge on any atom is -0.363 e. The van der Waals surface area contributed by atoms with Crippen molar-refractivity contribution in [1.82, 2.24) is 4.98 Å². The summed E-state index contributed by atoms with van der Waals surface area (Å²) in [5, 5.41) is 3.83. The van der Waals surface area contributed by atoms with Gasteiger partial charge in [-0.25, -0.2) is 4.98 Å². The Bertz CT molecular complexity index is 644. The Morgan fingerprint density at radius 3 is 2.48 bits per heavy atom. The molecule has 2 aromatic rings. The van der Waals surface area contributed by atoms with Crippen molar-refractivity contribution in [2.75, 3.05) is 5.32 Å². The third-order valence-corrected chi connectivity index (χ3v) is 3.44. The first-order valence-corrected chi connectivity index (χ1v) is 6.77. The number of nitrogens with zero attached hydrogens (tertiary/aromatic N) is 1. The van der Waals surface area contributed by atoms with Gasteiger partial charge in [0.2, 0.25) is 0 Å². The van der Waals surface area contributed by atoms with Crippen LogP contribution in [0.15, 0.2) is 36.5 Å². The number of hydrogen-bond acceptors (Lipinski definition) is 2. The van der Waals surface area contributed by atoms with Crippen LogP contribution < -0.4 is 5.32 Å². The van der Waals surface area contributed by atoms with Gasteiger partial charge in [0.25, 0.3) is 0 Å². The maximum absolute atomic E-state index is 12.6. The minimum atomic E-state index is -4.40. The molecule has 0 radical (unpaired) electrons. The average molecular weight is 335 g/mol. The van der Waals surface area contributed by atoms with Crippen molar-refractivity contribution >= 4 is 29.0 Å². The second kappa shape index (κ2) is 6.12. The maximum Gasteiger partial charge on any atom is 0.416 e. The minimum absolute atomic E-state index is 0.128. The molecule has 1 atom stereocenters. The molecule has 0 aliphatic carbocycles. The molecule has 0 aliphatic heterocycles. The standard InChI is InChI=1S/C14H11Cl2F3N2/c1-8(11-3-2-10(15)7-12(11)16)21-13-6-9(4-5-20-13)14(17,18)19/h2-8H,1H3,(H,20,21). The largest absolute Gasteiger partial charge is 0.416 e. The molecule has 1 N–H and O–H groups in total. The second-order valence-electron chi connectivity index (χ2n) is 4.46. The summed E-state index contributed by atoms with van der Waals surface area (Å²) in [6, 6.07) is 6.53. The summed E-state index contributed by atoms with van der Waals surface area (Å²) in [6.45, 7) is 1.77. The van der Waals surface area contributed by atoms with E-state index in [9.17, 15) is 13.2 Å². The molecule has 0 bridgehead atoms. The zero-order chi connectivity index (χ0) is 15.6. The first-order chi connectivity index (χ1) is 9.77. The van der Waals surface area contributed by atoms with Gasteiger partial charge in [-0.15, -0.1) is 0 Å². The summed E-state index contributed by atoms with van der Waals surface area (Å²) in [4.78, 5) is 3.89. The van der Waals surface area contributed by atoms with Crippen LogP contribution in [0.1, 0.15) is 24.1 Å². The monoisotopic (exact) mass is 334 g/mol. The average Bonchev–Trinajstić information content (AvgIpc) is 2.37. The summed E-state index contributed by atoms with van der Waals surface area (Å²) >= 11 is 11.9. The molecule has 21 heavy (non-hydrogen) atoms. The number of aromatic nitrogens is 1. The summed E-state index contributed by atoms with van der Waals surface area (Å²) in [5.41, 5.74) is -0.0327. The molecule has 1 aromatic carbocycles. The van der Waals surface area contributed by atoms with E-state index >= 15 is 0 Å². The Labute approximate surface area is 129 Å². The second-order valence-corrected chi connectivity index (χ2v) is 5.30. The molecule has 0 spiro atoms. The SMILES string of the molecule is CC(Nc1cc(C(F)(F)F)ccn1)c1ccc(Cl)cc1Cl. The maximum atomic E-state index is 12.6. The predicted octanol–water partition coefficient (Wildman–Crippen LogP) is 5.58. The van der Waals surface area contributed by atoms with E-state index in [1.54, 1.807) is 25.1 Å². The lowest BCUT2D eigenvalue weighted by atomic mass is 10.1. The molecule has 1 unspecified atom stereocenters. The first kappa shape index (κ1) is 15.9. The van der Waals surface area contributed by atoms with Gasteiger partial charge in [0.05, 0.1) is 11.6 Å². The molecule has 1 aromatic heterocycles. The number of nitrogens with one attached hydrogen (secondary N) is 1. The van der Waals surface area contributed by atoms with Crippen molar-refractivity contribution in [3.8, 4) is 0 Å². The Kier molecular flexibility index (Phi) is 4.64. The summed E-state index contributed by atoms with van der Waals surface area (Å²) in [6.07, 6.45) is -3.29. The lowest BCUT2D eigenvalue weighted by Crippen LogP contribution is -2.11. The normalized spacial score (nSPS) is 13.0. The molecule has 0 fully saturated rings. The van der Waals surface area contributed by atoms with Gasteiger partial charge in [-0.3, -0.25) is 0 Å². The van der Waals surface area contributed by atoms with Crippen LogP contribution in [0.5, 0.6) is 0 Å². The topological polar surface area (TPSA) is 24.9 Å². The van der Waals surface area contributed by atoms with E-state index in [2.05, 4.69) is 10.3 Å². The van der Waals surface area contributed by atoms with Gasteiger partial charge in [-0.2, -0.15) is 13.2 Å². The van der Waals surface area contributed by atoms with Gasteiger partial charge in [0, 0.05) is 16.2 Å². The molecule has 0 amide bonds. The van der Waals surface area contributed by atoms with Crippen LogP contribution >= 0.6 is 23.2 Å². The number of alkyl halides is 3. The van der Waals surface area contributed by atoms with Crippen LogP contribution in [0.25, 0.3) is 0 Å². The van der Waals surface area contributed by atoms with Crippen molar-refractivity contribution in [2.45, 2.75) is 19.1 Å². The third kappa shape index (κ3) is 4.02. The Hall–Kier alpha value is -1.46. The molecular formula is C14H11Cl2F3N2. The molecule has 2 rings (SSSR count). The van der Waals surface area contributed by atoms with Crippen LogP contribution in [0, 0.1) is 0 Å². The lowest BCUT2D eigenvalue weighted by Gasteiger charge is -2.17. The summed E-state index contributed by atoms with van der Waals surface area (Å²) in [5.74, 6) is 0.128. The number of pyridine rings is 1. The quantitative estimate of drug-likeness (QED) is 0.792. The summed E-state index contributed by atoms with van der Waals surface area (Å²) < 4.78 is 37.9. The molecule has 7 heteroatoms. The fourth-order valence-electron chi connectivity index (χ4n) is 1.84. The molecule has 0 saturated heterocycles. The fourth-order valence-corrected chi connectivity index (χ4v) is 2.41. The van der Waals surface area contributed by atoms with Gasteiger partial charge in [-0.1, -0.05) is 29.3 Å². The first-order valence-electron chi connectivity index (χ1n) is 6.02. The number of anilines is 1. The van der Waals surface area contributed by atoms with Crippen molar-refractivity contribution in [3.63, 3.8) is 0 Å². The van der Waals surface area contributed by atoms with Crippen LogP contribution in [-0.4, -0.2) is 4.98 Å². The zero-order valence-corrected chi connectivity index (χ0v) is 12.4.